The van der Waals surface area contributed by atoms with Crippen molar-refractivity contribution >= 4 is 0 Å². The normalized spacial score (nSPS) is 6.77. The van der Waals surface area contributed by atoms with Gasteiger partial charge in [-0.1, -0.05) is 27.7 Å². The molecule has 0 radical (unpaired) electrons. The van der Waals surface area contributed by atoms with E-state index in [1.165, 1.54) is 0 Å². The van der Waals surface area contributed by atoms with Gasteiger partial charge in [0, 0.05) is 11.9 Å². The zero-order chi connectivity index (χ0) is 10.7. The standard InChI is InChI=1S/C7H6N2.2C2H6/c1-6-2-3-7(4-8)5-9-6;2*1-2/h2-3,5H,1H3;2*1-2H3. The lowest BCUT2D eigenvalue weighted by atomic mass is 10.3. The van der Waals surface area contributed by atoms with E-state index in [1.54, 1.807) is 12.3 Å². The number of aromatic nitrogens is 1. The van der Waals surface area contributed by atoms with Crippen molar-refractivity contribution in [1.82, 2.24) is 4.98 Å². The summed E-state index contributed by atoms with van der Waals surface area (Å²) in [6.07, 6.45) is 1.56. The maximum absolute atomic E-state index is 8.34. The highest BCUT2D eigenvalue weighted by atomic mass is 14.7. The van der Waals surface area contributed by atoms with Gasteiger partial charge in [-0.05, 0) is 19.1 Å². The van der Waals surface area contributed by atoms with Crippen LogP contribution in [0.15, 0.2) is 18.3 Å². The van der Waals surface area contributed by atoms with Crippen LogP contribution in [0.25, 0.3) is 0 Å². The molecule has 0 N–H and O–H groups in total. The lowest BCUT2D eigenvalue weighted by Gasteiger charge is -1.87. The zero-order valence-corrected chi connectivity index (χ0v) is 9.13. The maximum Gasteiger partial charge on any atom is 0.101 e. The van der Waals surface area contributed by atoms with Crippen LogP contribution in [-0.2, 0) is 0 Å². The molecule has 0 atom stereocenters. The Kier molecular flexibility index (Phi) is 11.6. The second-order valence-electron chi connectivity index (χ2n) is 1.80. The van der Waals surface area contributed by atoms with Gasteiger partial charge in [-0.15, -0.1) is 0 Å². The van der Waals surface area contributed by atoms with E-state index in [2.05, 4.69) is 4.98 Å². The average molecular weight is 178 g/mol. The molecule has 0 saturated carbocycles. The Morgan fingerprint density at radius 3 is 2.00 bits per heavy atom. The van der Waals surface area contributed by atoms with Crippen LogP contribution >= 0.6 is 0 Å². The van der Waals surface area contributed by atoms with E-state index in [-0.39, 0.29) is 0 Å². The largest absolute Gasteiger partial charge is 0.260 e. The van der Waals surface area contributed by atoms with Gasteiger partial charge in [-0.2, -0.15) is 5.26 Å². The molecule has 1 heterocycles. The molecule has 0 aromatic carbocycles. The topological polar surface area (TPSA) is 36.7 Å². The lowest BCUT2D eigenvalue weighted by Crippen LogP contribution is -1.79. The van der Waals surface area contributed by atoms with E-state index in [0.717, 1.165) is 5.69 Å². The lowest BCUT2D eigenvalue weighted by molar-refractivity contribution is 1.19. The van der Waals surface area contributed by atoms with E-state index < -0.39 is 0 Å². The van der Waals surface area contributed by atoms with Crippen molar-refractivity contribution in [3.8, 4) is 6.07 Å². The molecule has 13 heavy (non-hydrogen) atoms. The van der Waals surface area contributed by atoms with E-state index in [0.29, 0.717) is 5.56 Å². The fraction of sp³-hybridized carbons (Fsp3) is 0.455. The fourth-order valence-corrected chi connectivity index (χ4v) is 0.534. The highest BCUT2D eigenvalue weighted by molar-refractivity contribution is 5.25. The molecule has 2 nitrogen and oxygen atoms in total. The molecular formula is C11H18N2. The van der Waals surface area contributed by atoms with Crippen molar-refractivity contribution < 1.29 is 0 Å². The first-order chi connectivity index (χ1) is 6.33. The van der Waals surface area contributed by atoms with Crippen molar-refractivity contribution in [2.75, 3.05) is 0 Å². The number of nitrogens with zero attached hydrogens (tertiary/aromatic N) is 2. The predicted octanol–water partition coefficient (Wildman–Crippen LogP) is 3.31. The third-order valence-electron chi connectivity index (χ3n) is 1.04. The molecule has 2 heteroatoms. The summed E-state index contributed by atoms with van der Waals surface area (Å²) in [5.41, 5.74) is 1.55. The fourth-order valence-electron chi connectivity index (χ4n) is 0.534. The van der Waals surface area contributed by atoms with Crippen LogP contribution in [0.1, 0.15) is 39.0 Å². The van der Waals surface area contributed by atoms with Crippen LogP contribution in [0, 0.1) is 18.3 Å². The molecule has 72 valence electrons. The van der Waals surface area contributed by atoms with Gasteiger partial charge in [0.25, 0.3) is 0 Å². The second-order valence-corrected chi connectivity index (χ2v) is 1.80. The van der Waals surface area contributed by atoms with Gasteiger partial charge in [0.05, 0.1) is 5.56 Å². The molecule has 0 bridgehead atoms. The van der Waals surface area contributed by atoms with Crippen LogP contribution in [-0.4, -0.2) is 4.98 Å². The molecule has 0 unspecified atom stereocenters. The van der Waals surface area contributed by atoms with E-state index in [4.69, 9.17) is 5.26 Å². The number of pyridine rings is 1. The van der Waals surface area contributed by atoms with Crippen molar-refractivity contribution in [1.29, 1.82) is 5.26 Å². The zero-order valence-electron chi connectivity index (χ0n) is 9.13. The summed E-state index contributed by atoms with van der Waals surface area (Å²) in [6, 6.07) is 5.56. The summed E-state index contributed by atoms with van der Waals surface area (Å²) in [7, 11) is 0. The number of hydrogen-bond acceptors (Lipinski definition) is 2. The van der Waals surface area contributed by atoms with Crippen LogP contribution in [0.2, 0.25) is 0 Å². The molecule has 0 aliphatic rings. The van der Waals surface area contributed by atoms with Gasteiger partial charge in [0.2, 0.25) is 0 Å². The number of rotatable bonds is 0. The number of nitriles is 1. The van der Waals surface area contributed by atoms with E-state index >= 15 is 0 Å². The van der Waals surface area contributed by atoms with Crippen molar-refractivity contribution in [3.63, 3.8) is 0 Å². The van der Waals surface area contributed by atoms with Crippen LogP contribution in [0.4, 0.5) is 0 Å². The molecule has 0 aliphatic heterocycles. The minimum Gasteiger partial charge on any atom is -0.260 e. The predicted molar refractivity (Wildman–Crippen MR) is 56.4 cm³/mol. The Morgan fingerprint density at radius 1 is 1.15 bits per heavy atom. The summed E-state index contributed by atoms with van der Waals surface area (Å²) in [5.74, 6) is 0. The molecule has 0 saturated heterocycles. The van der Waals surface area contributed by atoms with Gasteiger partial charge in [0.1, 0.15) is 6.07 Å². The number of hydrogen-bond donors (Lipinski definition) is 0. The molecule has 0 amide bonds. The summed E-state index contributed by atoms with van der Waals surface area (Å²) in [5, 5.41) is 8.34. The van der Waals surface area contributed by atoms with Gasteiger partial charge < -0.3 is 0 Å². The summed E-state index contributed by atoms with van der Waals surface area (Å²) < 4.78 is 0. The molecule has 0 fully saturated rings. The second kappa shape index (κ2) is 10.6. The highest BCUT2D eigenvalue weighted by Gasteiger charge is 1.86. The van der Waals surface area contributed by atoms with Gasteiger partial charge in [-0.25, -0.2) is 0 Å². The summed E-state index contributed by atoms with van der Waals surface area (Å²) in [6.45, 7) is 9.89. The maximum atomic E-state index is 8.34. The smallest absolute Gasteiger partial charge is 0.101 e. The third kappa shape index (κ3) is 7.02. The molecular weight excluding hydrogens is 160 g/mol. The molecule has 1 aromatic rings. The minimum atomic E-state index is 0.612. The Balaban J connectivity index is 0. The Morgan fingerprint density at radius 2 is 1.69 bits per heavy atom. The first-order valence-corrected chi connectivity index (χ1v) is 4.65. The quantitative estimate of drug-likeness (QED) is 0.611. The van der Waals surface area contributed by atoms with Crippen LogP contribution in [0.5, 0.6) is 0 Å². The van der Waals surface area contributed by atoms with E-state index in [1.807, 2.05) is 46.8 Å². The Bertz CT molecular complexity index is 231. The SMILES string of the molecule is CC.CC.Cc1ccc(C#N)cn1. The first kappa shape index (κ1) is 14.2. The van der Waals surface area contributed by atoms with Crippen molar-refractivity contribution in [2.24, 2.45) is 0 Å². The van der Waals surface area contributed by atoms with Crippen LogP contribution in [0.3, 0.4) is 0 Å². The monoisotopic (exact) mass is 178 g/mol. The average Bonchev–Trinajstić information content (AvgIpc) is 2.25. The van der Waals surface area contributed by atoms with Gasteiger partial charge in [0.15, 0.2) is 0 Å². The summed E-state index contributed by atoms with van der Waals surface area (Å²) in [4.78, 5) is 3.93. The number of aryl methyl sites for hydroxylation is 1. The van der Waals surface area contributed by atoms with E-state index in [9.17, 15) is 0 Å². The highest BCUT2D eigenvalue weighted by Crippen LogP contribution is 1.95. The minimum absolute atomic E-state index is 0.612. The van der Waals surface area contributed by atoms with Crippen molar-refractivity contribution in [3.05, 3.63) is 29.6 Å². The third-order valence-corrected chi connectivity index (χ3v) is 1.04. The van der Waals surface area contributed by atoms with Gasteiger partial charge >= 0.3 is 0 Å². The van der Waals surface area contributed by atoms with Gasteiger partial charge in [-0.3, -0.25) is 4.98 Å². The van der Waals surface area contributed by atoms with Crippen molar-refractivity contribution in [2.45, 2.75) is 34.6 Å². The Hall–Kier alpha value is -1.36. The van der Waals surface area contributed by atoms with Crippen LogP contribution < -0.4 is 0 Å². The Labute approximate surface area is 81.2 Å². The first-order valence-electron chi connectivity index (χ1n) is 4.65. The summed E-state index contributed by atoms with van der Waals surface area (Å²) >= 11 is 0. The molecule has 1 rings (SSSR count). The molecule has 0 spiro atoms. The molecule has 0 aliphatic carbocycles. The molecule has 1 aromatic heterocycles.